The van der Waals surface area contributed by atoms with Gasteiger partial charge in [0, 0.05) is 13.1 Å². The van der Waals surface area contributed by atoms with Crippen LogP contribution < -0.4 is 0 Å². The highest BCUT2D eigenvalue weighted by Gasteiger charge is 2.55. The molecule has 1 aliphatic heterocycles. The first-order valence-electron chi connectivity index (χ1n) is 15.8. The average molecular weight is 532 g/mol. The van der Waals surface area contributed by atoms with Crippen molar-refractivity contribution in [2.75, 3.05) is 0 Å². The number of fused-ring (bicyclic) bond motifs is 7. The molecule has 2 aromatic rings. The van der Waals surface area contributed by atoms with Crippen molar-refractivity contribution in [3.8, 4) is 0 Å². The minimum Gasteiger partial charge on any atom is -0.318 e. The zero-order chi connectivity index (χ0) is 25.3. The Bertz CT molecular complexity index is 952. The number of rotatable bonds is 5. The second-order valence-electron chi connectivity index (χ2n) is 13.0. The molecule has 2 aromatic carbocycles. The van der Waals surface area contributed by atoms with Gasteiger partial charge in [-0.1, -0.05) is 99.2 Å². The van der Waals surface area contributed by atoms with Crippen molar-refractivity contribution < 1.29 is 9.05 Å². The van der Waals surface area contributed by atoms with Crippen LogP contribution in [0.15, 0.2) is 60.7 Å². The molecule has 0 aromatic heterocycles. The van der Waals surface area contributed by atoms with Crippen molar-refractivity contribution in [3.63, 3.8) is 0 Å². The van der Waals surface area contributed by atoms with Gasteiger partial charge in [-0.25, -0.2) is 4.67 Å². The molecule has 5 aliphatic rings. The summed E-state index contributed by atoms with van der Waals surface area (Å²) in [7, 11) is -1.11. The Labute approximate surface area is 231 Å². The highest BCUT2D eigenvalue weighted by Crippen LogP contribution is 2.62. The van der Waals surface area contributed by atoms with Gasteiger partial charge in [-0.2, -0.15) is 0 Å². The Hall–Kier alpha value is -1.25. The van der Waals surface area contributed by atoms with E-state index in [1.54, 1.807) is 0 Å². The number of nitrogens with zero attached hydrogens (tertiary/aromatic N) is 1. The molecule has 7 rings (SSSR count). The van der Waals surface area contributed by atoms with E-state index in [2.05, 4.69) is 65.3 Å². The molecule has 0 bridgehead atoms. The van der Waals surface area contributed by atoms with E-state index in [0.29, 0.717) is 24.0 Å². The Morgan fingerprint density at radius 3 is 1.47 bits per heavy atom. The van der Waals surface area contributed by atoms with Gasteiger partial charge in [-0.05, 0) is 85.2 Å². The molecule has 8 unspecified atom stereocenters. The third-order valence-electron chi connectivity index (χ3n) is 11.0. The van der Waals surface area contributed by atoms with Crippen LogP contribution in [0.1, 0.15) is 88.2 Å². The second-order valence-corrected chi connectivity index (χ2v) is 14.5. The minimum absolute atomic E-state index is 0.380. The lowest BCUT2D eigenvalue weighted by atomic mass is 9.53. The normalized spacial score (nSPS) is 38.8. The summed E-state index contributed by atoms with van der Waals surface area (Å²) in [5.74, 6) is 5.04. The number of benzene rings is 2. The first-order chi connectivity index (χ1) is 18.8. The van der Waals surface area contributed by atoms with Crippen LogP contribution in [0, 0.1) is 35.5 Å². The van der Waals surface area contributed by atoms with E-state index >= 15 is 0 Å². The van der Waals surface area contributed by atoms with Crippen LogP contribution in [0.25, 0.3) is 0 Å². The molecule has 1 heterocycles. The fraction of sp³-hybridized carbons (Fsp3) is 0.647. The van der Waals surface area contributed by atoms with Crippen molar-refractivity contribution in [1.29, 1.82) is 0 Å². The topological polar surface area (TPSA) is 21.7 Å². The van der Waals surface area contributed by atoms with E-state index in [-0.39, 0.29) is 0 Å². The quantitative estimate of drug-likeness (QED) is 0.359. The van der Waals surface area contributed by atoms with E-state index in [0.717, 1.165) is 36.8 Å². The predicted octanol–water partition coefficient (Wildman–Crippen LogP) is 9.13. The zero-order valence-corrected chi connectivity index (χ0v) is 23.9. The summed E-state index contributed by atoms with van der Waals surface area (Å²) in [5.41, 5.74) is 2.70. The maximum atomic E-state index is 7.31. The van der Waals surface area contributed by atoms with Gasteiger partial charge in [0.05, 0.1) is 12.2 Å². The van der Waals surface area contributed by atoms with Crippen LogP contribution in [0.3, 0.4) is 0 Å². The lowest BCUT2D eigenvalue weighted by Crippen LogP contribution is -2.51. The van der Waals surface area contributed by atoms with Gasteiger partial charge in [0.25, 0.3) is 8.53 Å². The Balaban J connectivity index is 1.23. The van der Waals surface area contributed by atoms with E-state index in [1.165, 1.54) is 88.2 Å². The summed E-state index contributed by atoms with van der Waals surface area (Å²) in [6.45, 7) is 1.77. The molecular formula is C34H46NO2P. The van der Waals surface area contributed by atoms with Gasteiger partial charge in [0.2, 0.25) is 0 Å². The van der Waals surface area contributed by atoms with E-state index in [4.69, 9.17) is 9.05 Å². The smallest absolute Gasteiger partial charge is 0.259 e. The Morgan fingerprint density at radius 2 is 1.00 bits per heavy atom. The molecule has 0 spiro atoms. The monoisotopic (exact) mass is 531 g/mol. The lowest BCUT2D eigenvalue weighted by molar-refractivity contribution is -0.0856. The van der Waals surface area contributed by atoms with Crippen LogP contribution in [-0.4, -0.2) is 16.9 Å². The van der Waals surface area contributed by atoms with Gasteiger partial charge in [0.15, 0.2) is 0 Å². The molecule has 4 aliphatic carbocycles. The van der Waals surface area contributed by atoms with Gasteiger partial charge in [-0.15, -0.1) is 0 Å². The van der Waals surface area contributed by atoms with Crippen molar-refractivity contribution in [2.45, 2.75) is 102 Å². The minimum atomic E-state index is -1.11. The Morgan fingerprint density at radius 1 is 0.553 bits per heavy atom. The zero-order valence-electron chi connectivity index (χ0n) is 23.0. The summed E-state index contributed by atoms with van der Waals surface area (Å²) in [6.07, 6.45) is 17.6. The summed E-state index contributed by atoms with van der Waals surface area (Å²) in [4.78, 5) is 0. The summed E-state index contributed by atoms with van der Waals surface area (Å²) < 4.78 is 17.2. The molecule has 5 fully saturated rings. The van der Waals surface area contributed by atoms with E-state index in [1.807, 2.05) is 0 Å². The Kier molecular flexibility index (Phi) is 7.91. The SMILES string of the molecule is c1ccc(CN(Cc2ccccc2)P2OC3CCC4CCCCC4C3C3C(CCC4CCCCC43)O2)cc1. The fourth-order valence-electron chi connectivity index (χ4n) is 9.36. The summed E-state index contributed by atoms with van der Waals surface area (Å²) >= 11 is 0. The number of hydrogen-bond donors (Lipinski definition) is 0. The molecule has 204 valence electrons. The van der Waals surface area contributed by atoms with Crippen molar-refractivity contribution in [2.24, 2.45) is 35.5 Å². The molecule has 1 saturated heterocycles. The molecule has 4 saturated carbocycles. The molecule has 0 amide bonds. The van der Waals surface area contributed by atoms with Gasteiger partial charge in [-0.3, -0.25) is 0 Å². The molecule has 3 nitrogen and oxygen atoms in total. The molecular weight excluding hydrogens is 485 g/mol. The molecule has 8 atom stereocenters. The van der Waals surface area contributed by atoms with Gasteiger partial charge < -0.3 is 9.05 Å². The summed E-state index contributed by atoms with van der Waals surface area (Å²) in [5, 5.41) is 0. The lowest BCUT2D eigenvalue weighted by Gasteiger charge is -2.53. The van der Waals surface area contributed by atoms with Crippen LogP contribution in [0.4, 0.5) is 0 Å². The maximum absolute atomic E-state index is 7.31. The van der Waals surface area contributed by atoms with Crippen LogP contribution >= 0.6 is 8.53 Å². The van der Waals surface area contributed by atoms with Crippen LogP contribution in [0.5, 0.6) is 0 Å². The van der Waals surface area contributed by atoms with Crippen molar-refractivity contribution in [1.82, 2.24) is 4.67 Å². The predicted molar refractivity (Wildman–Crippen MR) is 155 cm³/mol. The molecule has 4 heteroatoms. The molecule has 0 radical (unpaired) electrons. The third kappa shape index (κ3) is 5.26. The van der Waals surface area contributed by atoms with Crippen LogP contribution in [-0.2, 0) is 22.1 Å². The van der Waals surface area contributed by atoms with Gasteiger partial charge >= 0.3 is 0 Å². The maximum Gasteiger partial charge on any atom is 0.259 e. The molecule has 38 heavy (non-hydrogen) atoms. The van der Waals surface area contributed by atoms with E-state index < -0.39 is 8.53 Å². The highest BCUT2D eigenvalue weighted by molar-refractivity contribution is 7.44. The van der Waals surface area contributed by atoms with E-state index in [9.17, 15) is 0 Å². The van der Waals surface area contributed by atoms with Crippen molar-refractivity contribution >= 4 is 8.53 Å². The fourth-order valence-corrected chi connectivity index (χ4v) is 11.2. The first-order valence-corrected chi connectivity index (χ1v) is 16.9. The first kappa shape index (κ1) is 25.7. The van der Waals surface area contributed by atoms with Crippen LogP contribution in [0.2, 0.25) is 0 Å². The average Bonchev–Trinajstić information content (AvgIpc) is 3.15. The highest BCUT2D eigenvalue weighted by atomic mass is 31.2. The second kappa shape index (κ2) is 11.7. The third-order valence-corrected chi connectivity index (χ3v) is 12.6. The number of hydrogen-bond acceptors (Lipinski definition) is 3. The largest absolute Gasteiger partial charge is 0.318 e. The van der Waals surface area contributed by atoms with Crippen molar-refractivity contribution in [3.05, 3.63) is 71.8 Å². The van der Waals surface area contributed by atoms with Gasteiger partial charge in [0.1, 0.15) is 0 Å². The standard InChI is InChI=1S/C34H46NO2P/c1-3-11-25(12-4-1)23-35(24-26-13-5-2-6-14-26)38-36-31-21-19-27-15-7-9-17-29(27)33(31)34-30-18-10-8-16-28(30)20-22-32(34)37-38/h1-6,11-14,27-34H,7-10,15-24H2. The summed E-state index contributed by atoms with van der Waals surface area (Å²) in [6, 6.07) is 21.9. The molecule has 0 N–H and O–H groups in total.